The number of hydrogen-bond donors (Lipinski definition) is 0. The number of ether oxygens (including phenoxy) is 2. The highest BCUT2D eigenvalue weighted by atomic mass is 16.5. The molecule has 0 atom stereocenters. The van der Waals surface area contributed by atoms with E-state index < -0.39 is 0 Å². The van der Waals surface area contributed by atoms with Crippen LogP contribution in [0, 0.1) is 20.8 Å². The normalized spacial score (nSPS) is 10.9. The zero-order chi connectivity index (χ0) is 22.8. The van der Waals surface area contributed by atoms with Gasteiger partial charge in [0.2, 0.25) is 0 Å². The maximum Gasteiger partial charge on any atom is 0.368 e. The van der Waals surface area contributed by atoms with E-state index in [1.165, 1.54) is 26.1 Å². The van der Waals surface area contributed by atoms with E-state index >= 15 is 0 Å². The molecule has 3 aromatic carbocycles. The molecule has 0 N–H and O–H groups in total. The van der Waals surface area contributed by atoms with Crippen LogP contribution in [0.4, 0.5) is 0 Å². The van der Waals surface area contributed by atoms with Crippen molar-refractivity contribution >= 4 is 0 Å². The number of hydrogen-bond acceptors (Lipinski definition) is 5. The van der Waals surface area contributed by atoms with E-state index in [1.54, 1.807) is 20.2 Å². The summed E-state index contributed by atoms with van der Waals surface area (Å²) in [4.78, 5) is 12.4. The maximum atomic E-state index is 12.4. The SMILES string of the molecule is COc1cccc(-n2nnn(C)c2=O)c1COc1ccc(-c2cc(C)ccc2C)cc1C. The first-order chi connectivity index (χ1) is 15.4. The molecule has 7 nitrogen and oxygen atoms in total. The molecule has 164 valence electrons. The molecule has 0 bridgehead atoms. The number of nitrogens with zero attached hydrogens (tertiary/aromatic N) is 4. The van der Waals surface area contributed by atoms with Crippen molar-refractivity contribution in [1.29, 1.82) is 0 Å². The zero-order valence-electron chi connectivity index (χ0n) is 18.9. The topological polar surface area (TPSA) is 71.2 Å². The lowest BCUT2D eigenvalue weighted by molar-refractivity contribution is 0.294. The van der Waals surface area contributed by atoms with E-state index in [4.69, 9.17) is 9.47 Å². The number of methoxy groups -OCH3 is 1. The van der Waals surface area contributed by atoms with E-state index in [0.717, 1.165) is 22.4 Å². The lowest BCUT2D eigenvalue weighted by Gasteiger charge is -2.16. The monoisotopic (exact) mass is 430 g/mol. The minimum absolute atomic E-state index is 0.214. The van der Waals surface area contributed by atoms with Crippen molar-refractivity contribution in [3.8, 4) is 28.3 Å². The first-order valence-corrected chi connectivity index (χ1v) is 10.4. The van der Waals surface area contributed by atoms with Crippen LogP contribution in [0.5, 0.6) is 11.5 Å². The first-order valence-electron chi connectivity index (χ1n) is 10.4. The maximum absolute atomic E-state index is 12.4. The van der Waals surface area contributed by atoms with E-state index in [9.17, 15) is 4.79 Å². The molecule has 4 aromatic rings. The Kier molecular flexibility index (Phi) is 5.81. The molecule has 4 rings (SSSR count). The van der Waals surface area contributed by atoms with Crippen molar-refractivity contribution in [3.05, 3.63) is 87.3 Å². The molecule has 0 aliphatic rings. The molecule has 0 saturated carbocycles. The van der Waals surface area contributed by atoms with Gasteiger partial charge in [-0.25, -0.2) is 4.79 Å². The molecule has 0 fully saturated rings. The van der Waals surface area contributed by atoms with Gasteiger partial charge in [-0.2, -0.15) is 9.36 Å². The molecular formula is C25H26N4O3. The summed E-state index contributed by atoms with van der Waals surface area (Å²) in [7, 11) is 3.15. The van der Waals surface area contributed by atoms with Gasteiger partial charge in [0.15, 0.2) is 0 Å². The summed E-state index contributed by atoms with van der Waals surface area (Å²) in [6.07, 6.45) is 0. The van der Waals surface area contributed by atoms with Gasteiger partial charge in [-0.15, -0.1) is 0 Å². The van der Waals surface area contributed by atoms with Crippen molar-refractivity contribution in [1.82, 2.24) is 19.8 Å². The summed E-state index contributed by atoms with van der Waals surface area (Å²) in [6, 6.07) is 18.1. The van der Waals surface area contributed by atoms with E-state index in [-0.39, 0.29) is 12.3 Å². The highest BCUT2D eigenvalue weighted by molar-refractivity contribution is 5.69. The summed E-state index contributed by atoms with van der Waals surface area (Å²) < 4.78 is 14.1. The molecule has 1 aromatic heterocycles. The van der Waals surface area contributed by atoms with Gasteiger partial charge in [-0.3, -0.25) is 0 Å². The van der Waals surface area contributed by atoms with Gasteiger partial charge in [0.05, 0.1) is 18.4 Å². The second kappa shape index (κ2) is 8.70. The Morgan fingerprint density at radius 3 is 2.41 bits per heavy atom. The molecule has 0 spiro atoms. The van der Waals surface area contributed by atoms with Crippen molar-refractivity contribution in [3.63, 3.8) is 0 Å². The lowest BCUT2D eigenvalue weighted by atomic mass is 9.97. The average molecular weight is 431 g/mol. The van der Waals surface area contributed by atoms with Crippen LogP contribution >= 0.6 is 0 Å². The average Bonchev–Trinajstić information content (AvgIpc) is 3.12. The second-order valence-electron chi connectivity index (χ2n) is 7.84. The summed E-state index contributed by atoms with van der Waals surface area (Å²) in [6.45, 7) is 6.46. The minimum Gasteiger partial charge on any atom is -0.496 e. The fourth-order valence-electron chi connectivity index (χ4n) is 3.73. The third kappa shape index (κ3) is 4.01. The lowest BCUT2D eigenvalue weighted by Crippen LogP contribution is -2.23. The van der Waals surface area contributed by atoms with Crippen LogP contribution in [0.3, 0.4) is 0 Å². The molecule has 32 heavy (non-hydrogen) atoms. The first kappa shape index (κ1) is 21.4. The van der Waals surface area contributed by atoms with Gasteiger partial charge in [0.25, 0.3) is 0 Å². The fourth-order valence-corrected chi connectivity index (χ4v) is 3.73. The largest absolute Gasteiger partial charge is 0.496 e. The number of aromatic nitrogens is 4. The van der Waals surface area contributed by atoms with Gasteiger partial charge >= 0.3 is 5.69 Å². The van der Waals surface area contributed by atoms with Crippen molar-refractivity contribution in [2.24, 2.45) is 7.05 Å². The van der Waals surface area contributed by atoms with E-state index in [0.29, 0.717) is 11.4 Å². The van der Waals surface area contributed by atoms with E-state index in [2.05, 4.69) is 54.6 Å². The summed E-state index contributed by atoms with van der Waals surface area (Å²) in [5.41, 5.74) is 6.81. The van der Waals surface area contributed by atoms with Crippen LogP contribution in [0.2, 0.25) is 0 Å². The molecule has 0 unspecified atom stereocenters. The molecule has 0 radical (unpaired) electrons. The predicted octanol–water partition coefficient (Wildman–Crippen LogP) is 4.15. The Hall–Kier alpha value is -3.87. The number of aryl methyl sites for hydroxylation is 4. The third-order valence-corrected chi connectivity index (χ3v) is 5.53. The van der Waals surface area contributed by atoms with Crippen molar-refractivity contribution < 1.29 is 9.47 Å². The minimum atomic E-state index is -0.339. The predicted molar refractivity (Wildman–Crippen MR) is 124 cm³/mol. The molecular weight excluding hydrogens is 404 g/mol. The Morgan fingerprint density at radius 1 is 0.906 bits per heavy atom. The van der Waals surface area contributed by atoms with Gasteiger partial charge < -0.3 is 9.47 Å². The Morgan fingerprint density at radius 2 is 1.72 bits per heavy atom. The summed E-state index contributed by atoms with van der Waals surface area (Å²) >= 11 is 0. The number of benzene rings is 3. The van der Waals surface area contributed by atoms with Crippen LogP contribution in [0.15, 0.2) is 59.4 Å². The van der Waals surface area contributed by atoms with Gasteiger partial charge in [-0.1, -0.05) is 35.9 Å². The molecule has 0 saturated heterocycles. The van der Waals surface area contributed by atoms with Crippen molar-refractivity contribution in [2.45, 2.75) is 27.4 Å². The van der Waals surface area contributed by atoms with Crippen LogP contribution in [0.1, 0.15) is 22.3 Å². The van der Waals surface area contributed by atoms with Crippen LogP contribution in [-0.2, 0) is 13.7 Å². The van der Waals surface area contributed by atoms with E-state index in [1.807, 2.05) is 25.1 Å². The third-order valence-electron chi connectivity index (χ3n) is 5.53. The van der Waals surface area contributed by atoms with Crippen LogP contribution in [0.25, 0.3) is 16.8 Å². The molecule has 1 heterocycles. The van der Waals surface area contributed by atoms with Gasteiger partial charge in [0.1, 0.15) is 18.1 Å². The highest BCUT2D eigenvalue weighted by Crippen LogP contribution is 2.31. The number of tetrazole rings is 1. The highest BCUT2D eigenvalue weighted by Gasteiger charge is 2.16. The summed E-state index contributed by atoms with van der Waals surface area (Å²) in [5.74, 6) is 1.38. The van der Waals surface area contributed by atoms with Crippen LogP contribution in [-0.4, -0.2) is 26.9 Å². The fraction of sp³-hybridized carbons (Fsp3) is 0.240. The smallest absolute Gasteiger partial charge is 0.368 e. The zero-order valence-corrected chi connectivity index (χ0v) is 18.9. The second-order valence-corrected chi connectivity index (χ2v) is 7.84. The standard InChI is InChI=1S/C25H26N4O3/c1-16-9-10-17(2)20(13-16)19-11-12-23(18(3)14-19)32-15-21-22(7-6-8-24(21)31-5)29-25(30)28(4)26-27-29/h6-14H,15H2,1-5H3. The molecule has 0 aliphatic carbocycles. The van der Waals surface area contributed by atoms with Gasteiger partial charge in [-0.05, 0) is 77.7 Å². The quantitative estimate of drug-likeness (QED) is 0.460. The Bertz CT molecular complexity index is 1340. The van der Waals surface area contributed by atoms with Gasteiger partial charge in [0, 0.05) is 7.05 Å². The Balaban J connectivity index is 1.65. The molecule has 0 aliphatic heterocycles. The van der Waals surface area contributed by atoms with Crippen LogP contribution < -0.4 is 15.2 Å². The molecule has 0 amide bonds. The molecule has 7 heteroatoms. The Labute approximate surface area is 186 Å². The number of rotatable bonds is 6. The van der Waals surface area contributed by atoms with Crippen molar-refractivity contribution in [2.75, 3.05) is 7.11 Å². The summed E-state index contributed by atoms with van der Waals surface area (Å²) in [5, 5.41) is 7.77.